The van der Waals surface area contributed by atoms with Crippen molar-refractivity contribution in [2.45, 2.75) is 13.0 Å². The van der Waals surface area contributed by atoms with E-state index in [-0.39, 0.29) is 17.6 Å². The van der Waals surface area contributed by atoms with Gasteiger partial charge in [-0.1, -0.05) is 63.7 Å². The molecule has 0 unspecified atom stereocenters. The third-order valence-electron chi connectivity index (χ3n) is 3.43. The van der Waals surface area contributed by atoms with Crippen LogP contribution in [0.4, 0.5) is 0 Å². The van der Waals surface area contributed by atoms with Crippen molar-refractivity contribution in [1.29, 1.82) is 0 Å². The van der Waals surface area contributed by atoms with Crippen LogP contribution in [-0.4, -0.2) is 19.8 Å². The van der Waals surface area contributed by atoms with Gasteiger partial charge in [0.05, 0.1) is 23.3 Å². The van der Waals surface area contributed by atoms with Crippen molar-refractivity contribution in [2.75, 3.05) is 19.8 Å². The van der Waals surface area contributed by atoms with Crippen molar-refractivity contribution >= 4 is 46.4 Å². The first kappa shape index (κ1) is 22.6. The molecule has 0 aliphatic carbocycles. The molecule has 0 fully saturated rings. The zero-order valence-corrected chi connectivity index (χ0v) is 17.7. The van der Waals surface area contributed by atoms with Crippen LogP contribution >= 0.6 is 46.4 Å². The summed E-state index contributed by atoms with van der Waals surface area (Å²) >= 11 is 23.5. The standard InChI is InChI=1S/C19H17Cl4NO4/c20-16-10-15(27-9-6-18(22)23)11-17(21)19(16)28-8-1-7-26-14-4-2-13(3-5-14)12-24-25/h2-6,10-11H,1,7-9,12H2. The van der Waals surface area contributed by atoms with Crippen molar-refractivity contribution < 1.29 is 14.2 Å². The Morgan fingerprint density at radius 3 is 2.18 bits per heavy atom. The number of ether oxygens (including phenoxy) is 3. The molecule has 2 aromatic rings. The van der Waals surface area contributed by atoms with Crippen molar-refractivity contribution in [3.8, 4) is 17.2 Å². The van der Waals surface area contributed by atoms with Crippen LogP contribution in [0.5, 0.6) is 17.2 Å². The molecule has 0 radical (unpaired) electrons. The number of halogens is 4. The lowest BCUT2D eigenvalue weighted by atomic mass is 10.2. The van der Waals surface area contributed by atoms with E-state index in [0.717, 1.165) is 5.56 Å². The Hall–Kier alpha value is -1.66. The van der Waals surface area contributed by atoms with E-state index in [1.807, 2.05) is 0 Å². The molecule has 0 saturated heterocycles. The van der Waals surface area contributed by atoms with Gasteiger partial charge >= 0.3 is 0 Å². The fraction of sp³-hybridized carbons (Fsp3) is 0.263. The number of rotatable bonds is 11. The Balaban J connectivity index is 1.77. The summed E-state index contributed by atoms with van der Waals surface area (Å²) in [7, 11) is 0. The second-order valence-corrected chi connectivity index (χ2v) is 7.32. The Kier molecular flexibility index (Phi) is 9.71. The summed E-state index contributed by atoms with van der Waals surface area (Å²) in [6, 6.07) is 10.4. The molecule has 5 nitrogen and oxygen atoms in total. The van der Waals surface area contributed by atoms with E-state index in [1.54, 1.807) is 36.4 Å². The molecule has 2 aromatic carbocycles. The average Bonchev–Trinajstić information content (AvgIpc) is 2.64. The fourth-order valence-electron chi connectivity index (χ4n) is 2.15. The molecule has 0 heterocycles. The summed E-state index contributed by atoms with van der Waals surface area (Å²) in [6.07, 6.45) is 2.13. The molecule has 0 spiro atoms. The Labute approximate surface area is 183 Å². The van der Waals surface area contributed by atoms with Gasteiger partial charge in [0, 0.05) is 18.6 Å². The van der Waals surface area contributed by atoms with E-state index in [9.17, 15) is 4.91 Å². The predicted octanol–water partition coefficient (Wildman–Crippen LogP) is 6.81. The van der Waals surface area contributed by atoms with Crippen molar-refractivity contribution in [3.05, 3.63) is 67.5 Å². The van der Waals surface area contributed by atoms with E-state index in [2.05, 4.69) is 5.18 Å². The third-order valence-corrected chi connectivity index (χ3v) is 4.30. The van der Waals surface area contributed by atoms with Gasteiger partial charge in [0.1, 0.15) is 29.1 Å². The van der Waals surface area contributed by atoms with Crippen LogP contribution in [-0.2, 0) is 6.54 Å². The summed E-state index contributed by atoms with van der Waals surface area (Å²) in [5, 5.41) is 3.52. The smallest absolute Gasteiger partial charge is 0.156 e. The van der Waals surface area contributed by atoms with Crippen LogP contribution in [0, 0.1) is 4.91 Å². The number of nitrogens with zero attached hydrogens (tertiary/aromatic N) is 1. The fourth-order valence-corrected chi connectivity index (χ4v) is 2.85. The van der Waals surface area contributed by atoms with E-state index in [0.29, 0.717) is 46.9 Å². The van der Waals surface area contributed by atoms with E-state index in [1.165, 1.54) is 6.08 Å². The van der Waals surface area contributed by atoms with Gasteiger partial charge in [0.2, 0.25) is 0 Å². The first-order valence-corrected chi connectivity index (χ1v) is 9.77. The maximum absolute atomic E-state index is 10.2. The SMILES string of the molecule is O=NCc1ccc(OCCCOc2c(Cl)cc(OCC=C(Cl)Cl)cc2Cl)cc1. The van der Waals surface area contributed by atoms with Gasteiger partial charge in [-0.25, -0.2) is 0 Å². The maximum Gasteiger partial charge on any atom is 0.156 e. The van der Waals surface area contributed by atoms with Gasteiger partial charge in [-0.2, -0.15) is 4.91 Å². The molecule has 0 aliphatic heterocycles. The van der Waals surface area contributed by atoms with Gasteiger partial charge in [-0.3, -0.25) is 0 Å². The molecule has 0 N–H and O–H groups in total. The second kappa shape index (κ2) is 12.0. The Morgan fingerprint density at radius 1 is 0.929 bits per heavy atom. The zero-order chi connectivity index (χ0) is 20.4. The average molecular weight is 465 g/mol. The lowest BCUT2D eigenvalue weighted by Crippen LogP contribution is -2.05. The van der Waals surface area contributed by atoms with E-state index in [4.69, 9.17) is 60.6 Å². The maximum atomic E-state index is 10.2. The molecule has 28 heavy (non-hydrogen) atoms. The summed E-state index contributed by atoms with van der Waals surface area (Å²) in [4.78, 5) is 10.2. The molecule has 0 saturated carbocycles. The number of nitroso groups, excluding NO2 is 1. The first-order chi connectivity index (χ1) is 13.5. The molecule has 9 heteroatoms. The van der Waals surface area contributed by atoms with Crippen LogP contribution in [0.15, 0.2) is 52.1 Å². The minimum absolute atomic E-state index is 0.119. The number of hydrogen-bond donors (Lipinski definition) is 0. The second-order valence-electron chi connectivity index (χ2n) is 5.50. The van der Waals surface area contributed by atoms with Crippen LogP contribution in [0.2, 0.25) is 10.0 Å². The molecular weight excluding hydrogens is 448 g/mol. The largest absolute Gasteiger partial charge is 0.493 e. The molecule has 0 aromatic heterocycles. The molecule has 0 bridgehead atoms. The first-order valence-electron chi connectivity index (χ1n) is 8.26. The monoisotopic (exact) mass is 463 g/mol. The predicted molar refractivity (Wildman–Crippen MR) is 113 cm³/mol. The molecule has 0 amide bonds. The molecule has 0 atom stereocenters. The summed E-state index contributed by atoms with van der Waals surface area (Å²) in [5.41, 5.74) is 0.837. The van der Waals surface area contributed by atoms with E-state index < -0.39 is 0 Å². The molecule has 150 valence electrons. The topological polar surface area (TPSA) is 57.1 Å². The Morgan fingerprint density at radius 2 is 1.57 bits per heavy atom. The van der Waals surface area contributed by atoms with Crippen LogP contribution < -0.4 is 14.2 Å². The van der Waals surface area contributed by atoms with Crippen molar-refractivity contribution in [1.82, 2.24) is 0 Å². The minimum atomic E-state index is 0.119. The van der Waals surface area contributed by atoms with Crippen LogP contribution in [0.25, 0.3) is 0 Å². The molecular formula is C19H17Cl4NO4. The lowest BCUT2D eigenvalue weighted by Gasteiger charge is -2.12. The summed E-state index contributed by atoms with van der Waals surface area (Å²) in [6.45, 7) is 1.17. The van der Waals surface area contributed by atoms with Gasteiger partial charge < -0.3 is 14.2 Å². The van der Waals surface area contributed by atoms with Gasteiger partial charge in [-0.15, -0.1) is 0 Å². The van der Waals surface area contributed by atoms with E-state index >= 15 is 0 Å². The summed E-state index contributed by atoms with van der Waals surface area (Å²) in [5.74, 6) is 1.57. The lowest BCUT2D eigenvalue weighted by molar-refractivity contribution is 0.247. The highest BCUT2D eigenvalue weighted by molar-refractivity contribution is 6.55. The van der Waals surface area contributed by atoms with Crippen molar-refractivity contribution in [2.24, 2.45) is 5.18 Å². The quantitative estimate of drug-likeness (QED) is 0.271. The summed E-state index contributed by atoms with van der Waals surface area (Å²) < 4.78 is 16.8. The normalized spacial score (nSPS) is 10.3. The van der Waals surface area contributed by atoms with Crippen molar-refractivity contribution in [3.63, 3.8) is 0 Å². The molecule has 0 aliphatic rings. The number of benzene rings is 2. The third kappa shape index (κ3) is 7.76. The molecule has 2 rings (SSSR count). The Bertz CT molecular complexity index is 785. The van der Waals surface area contributed by atoms with Gasteiger partial charge in [-0.05, 0) is 23.8 Å². The van der Waals surface area contributed by atoms with Gasteiger partial charge in [0.25, 0.3) is 0 Å². The highest BCUT2D eigenvalue weighted by atomic mass is 35.5. The number of hydrogen-bond acceptors (Lipinski definition) is 5. The van der Waals surface area contributed by atoms with Crippen LogP contribution in [0.1, 0.15) is 12.0 Å². The van der Waals surface area contributed by atoms with Crippen LogP contribution in [0.3, 0.4) is 0 Å². The highest BCUT2D eigenvalue weighted by Gasteiger charge is 2.10. The minimum Gasteiger partial charge on any atom is -0.493 e. The zero-order valence-electron chi connectivity index (χ0n) is 14.7. The highest BCUT2D eigenvalue weighted by Crippen LogP contribution is 2.37. The van der Waals surface area contributed by atoms with Gasteiger partial charge in [0.15, 0.2) is 5.75 Å².